The summed E-state index contributed by atoms with van der Waals surface area (Å²) in [6.45, 7) is 0.529. The largest absolute Gasteiger partial charge is 0.506 e. The molecule has 0 aliphatic carbocycles. The Bertz CT molecular complexity index is 2110. The van der Waals surface area contributed by atoms with Crippen molar-refractivity contribution < 1.29 is 29.7 Å². The average molecular weight is 662 g/mol. The number of nitrogens with two attached hydrogens (primary N) is 1. The van der Waals surface area contributed by atoms with Gasteiger partial charge >= 0.3 is 0 Å². The number of aromatic hydroxyl groups is 3. The second kappa shape index (κ2) is 14.1. The van der Waals surface area contributed by atoms with Crippen LogP contribution in [0.15, 0.2) is 91.0 Å². The van der Waals surface area contributed by atoms with E-state index >= 15 is 0 Å². The van der Waals surface area contributed by atoms with Crippen LogP contribution in [0.1, 0.15) is 31.5 Å². The number of hydrogen-bond donors (Lipinski definition) is 8. The number of carbonyl (C=O) groups is 3. The highest BCUT2D eigenvalue weighted by atomic mass is 16.3. The summed E-state index contributed by atoms with van der Waals surface area (Å²) >= 11 is 0. The molecule has 3 aromatic carbocycles. The van der Waals surface area contributed by atoms with Crippen molar-refractivity contribution in [3.8, 4) is 17.2 Å². The van der Waals surface area contributed by atoms with Crippen LogP contribution >= 0.6 is 0 Å². The van der Waals surface area contributed by atoms with E-state index in [1.54, 1.807) is 54.6 Å². The zero-order chi connectivity index (χ0) is 34.5. The number of amides is 3. The van der Waals surface area contributed by atoms with Gasteiger partial charge in [-0.1, -0.05) is 54.6 Å². The minimum absolute atomic E-state index is 0.0415. The molecule has 0 bridgehead atoms. The number of pyridine rings is 3. The van der Waals surface area contributed by atoms with E-state index in [0.29, 0.717) is 22.7 Å². The number of para-hydroxylation sites is 3. The SMILES string of the molecule is NCCNCC(NC(=O)c1ccc2cccc(O)c2n1)N(NC(=O)c1ccc2cccc(O)c2n1)NC(=O)c1ccc2cccc(O)c2n1. The van der Waals surface area contributed by atoms with Gasteiger partial charge in [0.15, 0.2) is 0 Å². The topological polar surface area (TPSA) is 228 Å². The number of benzene rings is 3. The Labute approximate surface area is 278 Å². The van der Waals surface area contributed by atoms with Crippen molar-refractivity contribution in [1.29, 1.82) is 0 Å². The minimum Gasteiger partial charge on any atom is -0.506 e. The Balaban J connectivity index is 1.34. The quantitative estimate of drug-likeness (QED) is 0.0567. The van der Waals surface area contributed by atoms with Gasteiger partial charge < -0.3 is 31.7 Å². The molecular formula is C34H31N9O6. The third-order valence-corrected chi connectivity index (χ3v) is 7.51. The van der Waals surface area contributed by atoms with Gasteiger partial charge in [0.2, 0.25) is 0 Å². The Hall–Kier alpha value is -6.42. The second-order valence-electron chi connectivity index (χ2n) is 10.9. The average Bonchev–Trinajstić information content (AvgIpc) is 3.11. The summed E-state index contributed by atoms with van der Waals surface area (Å²) in [7, 11) is 0. The van der Waals surface area contributed by atoms with E-state index in [1.165, 1.54) is 36.4 Å². The van der Waals surface area contributed by atoms with Crippen LogP contribution < -0.4 is 27.2 Å². The summed E-state index contributed by atoms with van der Waals surface area (Å²) in [6, 6.07) is 23.6. The number of aromatic nitrogens is 3. The first-order valence-electron chi connectivity index (χ1n) is 15.1. The van der Waals surface area contributed by atoms with Gasteiger partial charge in [-0.15, -0.1) is 5.12 Å². The number of phenols is 3. The predicted octanol–water partition coefficient (Wildman–Crippen LogP) is 2.04. The van der Waals surface area contributed by atoms with Crippen molar-refractivity contribution in [3.05, 3.63) is 108 Å². The first-order valence-corrected chi connectivity index (χ1v) is 15.1. The van der Waals surface area contributed by atoms with Crippen LogP contribution in [0, 0.1) is 0 Å². The number of fused-ring (bicyclic) bond motifs is 3. The molecule has 3 aromatic heterocycles. The molecule has 0 aliphatic heterocycles. The fourth-order valence-electron chi connectivity index (χ4n) is 5.06. The molecular weight excluding hydrogens is 630 g/mol. The van der Waals surface area contributed by atoms with Crippen molar-refractivity contribution in [2.45, 2.75) is 6.17 Å². The third-order valence-electron chi connectivity index (χ3n) is 7.51. The molecule has 3 heterocycles. The molecule has 0 aliphatic rings. The summed E-state index contributed by atoms with van der Waals surface area (Å²) in [6.07, 6.45) is -1.17. The van der Waals surface area contributed by atoms with Crippen LogP contribution in [0.25, 0.3) is 32.7 Å². The molecule has 0 spiro atoms. The van der Waals surface area contributed by atoms with Gasteiger partial charge in [0.1, 0.15) is 57.0 Å². The fraction of sp³-hybridized carbons (Fsp3) is 0.118. The summed E-state index contributed by atoms with van der Waals surface area (Å²) in [4.78, 5) is 53.8. The second-order valence-corrected chi connectivity index (χ2v) is 10.9. The molecule has 0 saturated heterocycles. The molecule has 15 heteroatoms. The monoisotopic (exact) mass is 661 g/mol. The molecule has 6 rings (SSSR count). The summed E-state index contributed by atoms with van der Waals surface area (Å²) in [5, 5.41) is 39.6. The third kappa shape index (κ3) is 7.13. The van der Waals surface area contributed by atoms with Crippen LogP contribution in [0.4, 0.5) is 0 Å². The van der Waals surface area contributed by atoms with E-state index in [9.17, 15) is 29.7 Å². The van der Waals surface area contributed by atoms with E-state index in [4.69, 9.17) is 5.73 Å². The van der Waals surface area contributed by atoms with Crippen molar-refractivity contribution in [2.24, 2.45) is 5.73 Å². The Morgan fingerprint density at radius 1 is 0.612 bits per heavy atom. The molecule has 15 nitrogen and oxygen atoms in total. The van der Waals surface area contributed by atoms with Gasteiger partial charge in [-0.3, -0.25) is 25.2 Å². The van der Waals surface area contributed by atoms with Gasteiger partial charge in [0.25, 0.3) is 17.7 Å². The maximum absolute atomic E-state index is 13.6. The molecule has 0 radical (unpaired) electrons. The number of nitrogens with one attached hydrogen (secondary N) is 4. The maximum Gasteiger partial charge on any atom is 0.285 e. The van der Waals surface area contributed by atoms with Crippen LogP contribution in [0.3, 0.4) is 0 Å². The highest BCUT2D eigenvalue weighted by molar-refractivity contribution is 5.98. The highest BCUT2D eigenvalue weighted by Gasteiger charge is 2.27. The number of nitrogens with zero attached hydrogens (tertiary/aromatic N) is 4. The van der Waals surface area contributed by atoms with Crippen molar-refractivity contribution >= 4 is 50.4 Å². The van der Waals surface area contributed by atoms with Crippen LogP contribution in [-0.2, 0) is 0 Å². The van der Waals surface area contributed by atoms with Crippen LogP contribution in [0.2, 0.25) is 0 Å². The standard InChI is InChI=1S/C34H31N9O6/c35-16-17-36-18-28(40-32(47)22-13-10-19-4-1-7-25(44)29(19)37-22)43(41-33(48)23-14-11-20-5-2-8-26(45)30(20)38-23)42-34(49)24-15-12-21-6-3-9-27(46)31(21)39-24/h1-15,28,36,44-46H,16-18,35H2,(H,40,47)(H,41,48)(H,42,49). The predicted molar refractivity (Wildman–Crippen MR) is 180 cm³/mol. The number of hydrogen-bond acceptors (Lipinski definition) is 12. The van der Waals surface area contributed by atoms with Gasteiger partial charge in [-0.2, -0.15) is 0 Å². The summed E-state index contributed by atoms with van der Waals surface area (Å²) < 4.78 is 0. The van der Waals surface area contributed by atoms with E-state index in [2.05, 4.69) is 36.4 Å². The van der Waals surface area contributed by atoms with E-state index < -0.39 is 23.9 Å². The molecule has 6 aromatic rings. The molecule has 1 unspecified atom stereocenters. The number of hydrazine groups is 2. The lowest BCUT2D eigenvalue weighted by molar-refractivity contribution is 0.0272. The van der Waals surface area contributed by atoms with Crippen LogP contribution in [0.5, 0.6) is 17.2 Å². The molecule has 0 fully saturated rings. The molecule has 9 N–H and O–H groups in total. The van der Waals surface area contributed by atoms with Crippen LogP contribution in [-0.4, -0.2) is 78.9 Å². The summed E-state index contributed by atoms with van der Waals surface area (Å²) in [5.41, 5.74) is 11.2. The Morgan fingerprint density at radius 2 is 1.02 bits per heavy atom. The number of carbonyl (C=O) groups excluding carboxylic acids is 3. The lowest BCUT2D eigenvalue weighted by atomic mass is 10.2. The lowest BCUT2D eigenvalue weighted by Gasteiger charge is -2.32. The van der Waals surface area contributed by atoms with Gasteiger partial charge in [-0.25, -0.2) is 15.0 Å². The van der Waals surface area contributed by atoms with Gasteiger partial charge in [-0.05, 0) is 36.4 Å². The Kier molecular flexibility index (Phi) is 9.39. The molecule has 3 amide bonds. The van der Waals surface area contributed by atoms with Crippen molar-refractivity contribution in [3.63, 3.8) is 0 Å². The normalized spacial score (nSPS) is 11.9. The maximum atomic E-state index is 13.6. The first-order chi connectivity index (χ1) is 23.7. The minimum atomic E-state index is -1.17. The van der Waals surface area contributed by atoms with Gasteiger partial charge in [0, 0.05) is 35.8 Å². The van der Waals surface area contributed by atoms with E-state index in [0.717, 1.165) is 5.12 Å². The first kappa shape index (κ1) is 32.5. The molecule has 248 valence electrons. The van der Waals surface area contributed by atoms with Crippen molar-refractivity contribution in [1.82, 2.24) is 41.6 Å². The van der Waals surface area contributed by atoms with Crippen molar-refractivity contribution in [2.75, 3.05) is 19.6 Å². The molecule has 49 heavy (non-hydrogen) atoms. The Morgan fingerprint density at radius 3 is 1.43 bits per heavy atom. The lowest BCUT2D eigenvalue weighted by Crippen LogP contribution is -2.65. The fourth-order valence-corrected chi connectivity index (χ4v) is 5.06. The zero-order valence-electron chi connectivity index (χ0n) is 25.8. The van der Waals surface area contributed by atoms with Gasteiger partial charge in [0.05, 0.1) is 0 Å². The number of phenolic OH excluding ortho intramolecular Hbond substituents is 3. The summed E-state index contributed by atoms with van der Waals surface area (Å²) in [5.74, 6) is -2.65. The highest BCUT2D eigenvalue weighted by Crippen LogP contribution is 2.24. The van der Waals surface area contributed by atoms with E-state index in [-0.39, 0.29) is 64.0 Å². The molecule has 1 atom stereocenters. The zero-order valence-corrected chi connectivity index (χ0v) is 25.8. The molecule has 0 saturated carbocycles. The number of rotatable bonds is 11. The van der Waals surface area contributed by atoms with E-state index in [1.807, 2.05) is 0 Å². The smallest absolute Gasteiger partial charge is 0.285 e.